The summed E-state index contributed by atoms with van der Waals surface area (Å²) in [4.78, 5) is 9.88. The second-order valence-electron chi connectivity index (χ2n) is 4.69. The van der Waals surface area contributed by atoms with Gasteiger partial charge in [-0.05, 0) is 25.0 Å². The van der Waals surface area contributed by atoms with Gasteiger partial charge in [-0.25, -0.2) is 13.1 Å². The Kier molecular flexibility index (Phi) is 4.21. The Balaban J connectivity index is 2.39. The third-order valence-corrected chi connectivity index (χ3v) is 4.84. The molecule has 8 nitrogen and oxygen atoms in total. The van der Waals surface area contributed by atoms with E-state index in [4.69, 9.17) is 5.84 Å². The summed E-state index contributed by atoms with van der Waals surface area (Å²) < 4.78 is 27.1. The minimum atomic E-state index is -3.94. The van der Waals surface area contributed by atoms with Crippen LogP contribution in [0.5, 0.6) is 0 Å². The Labute approximate surface area is 116 Å². The van der Waals surface area contributed by atoms with Crippen LogP contribution in [-0.4, -0.2) is 19.4 Å². The van der Waals surface area contributed by atoms with Gasteiger partial charge in [0.2, 0.25) is 10.0 Å². The first kappa shape index (κ1) is 14.7. The Morgan fingerprint density at radius 3 is 2.50 bits per heavy atom. The lowest BCUT2D eigenvalue weighted by Crippen LogP contribution is -2.33. The van der Waals surface area contributed by atoms with Crippen molar-refractivity contribution in [3.63, 3.8) is 0 Å². The number of anilines is 1. The van der Waals surface area contributed by atoms with Crippen LogP contribution >= 0.6 is 0 Å². The molecule has 0 saturated heterocycles. The molecule has 0 aliphatic heterocycles. The smallest absolute Gasteiger partial charge is 0.289 e. The van der Waals surface area contributed by atoms with Gasteiger partial charge in [0.25, 0.3) is 5.69 Å². The quantitative estimate of drug-likeness (QED) is 0.424. The summed E-state index contributed by atoms with van der Waals surface area (Å²) in [6.07, 6.45) is 3.42. The Morgan fingerprint density at radius 1 is 1.30 bits per heavy atom. The number of sulfonamides is 1. The van der Waals surface area contributed by atoms with Crippen LogP contribution in [-0.2, 0) is 10.0 Å². The second-order valence-corrected chi connectivity index (χ2v) is 6.37. The summed E-state index contributed by atoms with van der Waals surface area (Å²) in [5.74, 6) is 5.22. The molecule has 20 heavy (non-hydrogen) atoms. The van der Waals surface area contributed by atoms with Crippen LogP contribution in [0.25, 0.3) is 0 Å². The number of hydrogen-bond acceptors (Lipinski definition) is 6. The molecule has 0 atom stereocenters. The van der Waals surface area contributed by atoms with Gasteiger partial charge in [-0.1, -0.05) is 12.8 Å². The largest absolute Gasteiger partial charge is 0.324 e. The van der Waals surface area contributed by atoms with Gasteiger partial charge in [-0.15, -0.1) is 0 Å². The molecule has 0 radical (unpaired) electrons. The zero-order valence-electron chi connectivity index (χ0n) is 10.7. The first-order valence-corrected chi connectivity index (χ1v) is 7.70. The monoisotopic (exact) mass is 300 g/mol. The number of nitro benzene ring substituents is 1. The van der Waals surface area contributed by atoms with Crippen molar-refractivity contribution in [1.29, 1.82) is 0 Å². The van der Waals surface area contributed by atoms with Crippen molar-refractivity contribution in [2.45, 2.75) is 36.6 Å². The summed E-state index contributed by atoms with van der Waals surface area (Å²) in [7, 11) is -3.94. The van der Waals surface area contributed by atoms with Gasteiger partial charge < -0.3 is 5.43 Å². The fraction of sp³-hybridized carbons (Fsp3) is 0.455. The molecule has 0 heterocycles. The molecule has 1 saturated carbocycles. The lowest BCUT2D eigenvalue weighted by atomic mass is 10.3. The average Bonchev–Trinajstić information content (AvgIpc) is 2.90. The average molecular weight is 300 g/mol. The molecule has 110 valence electrons. The predicted molar refractivity (Wildman–Crippen MR) is 73.5 cm³/mol. The normalized spacial score (nSPS) is 16.2. The van der Waals surface area contributed by atoms with Crippen LogP contribution in [0.1, 0.15) is 25.7 Å². The predicted octanol–water partition coefficient (Wildman–Crippen LogP) is 1.10. The number of benzene rings is 1. The van der Waals surface area contributed by atoms with Crippen molar-refractivity contribution in [2.75, 3.05) is 5.43 Å². The van der Waals surface area contributed by atoms with Crippen molar-refractivity contribution >= 4 is 21.4 Å². The molecule has 2 rings (SSSR count). The van der Waals surface area contributed by atoms with Gasteiger partial charge in [0.05, 0.1) is 10.6 Å². The molecule has 1 aliphatic rings. The van der Waals surface area contributed by atoms with E-state index in [9.17, 15) is 18.5 Å². The highest BCUT2D eigenvalue weighted by molar-refractivity contribution is 7.89. The summed E-state index contributed by atoms with van der Waals surface area (Å²) in [6, 6.07) is 3.48. The molecule has 1 aromatic rings. The van der Waals surface area contributed by atoms with Crippen LogP contribution < -0.4 is 16.0 Å². The number of nitrogens with one attached hydrogen (secondary N) is 2. The van der Waals surface area contributed by atoms with Crippen LogP contribution in [0.2, 0.25) is 0 Å². The van der Waals surface area contributed by atoms with E-state index in [1.807, 2.05) is 0 Å². The third kappa shape index (κ3) is 3.06. The zero-order chi connectivity index (χ0) is 14.8. The Morgan fingerprint density at radius 2 is 1.95 bits per heavy atom. The van der Waals surface area contributed by atoms with Gasteiger partial charge in [0.15, 0.2) is 4.90 Å². The number of nitrogen functional groups attached to an aromatic ring is 1. The van der Waals surface area contributed by atoms with Crippen LogP contribution in [0.4, 0.5) is 11.4 Å². The molecule has 1 aromatic carbocycles. The number of nitrogens with two attached hydrogens (primary N) is 1. The zero-order valence-corrected chi connectivity index (χ0v) is 11.5. The van der Waals surface area contributed by atoms with Crippen molar-refractivity contribution in [1.82, 2.24) is 4.72 Å². The van der Waals surface area contributed by atoms with Crippen molar-refractivity contribution in [3.8, 4) is 0 Å². The van der Waals surface area contributed by atoms with Gasteiger partial charge in [-0.3, -0.25) is 16.0 Å². The highest BCUT2D eigenvalue weighted by Gasteiger charge is 2.29. The maximum Gasteiger partial charge on any atom is 0.289 e. The molecule has 0 amide bonds. The van der Waals surface area contributed by atoms with Gasteiger partial charge >= 0.3 is 0 Å². The minimum Gasteiger partial charge on any atom is -0.324 e. The van der Waals surface area contributed by atoms with E-state index in [-0.39, 0.29) is 10.9 Å². The van der Waals surface area contributed by atoms with Gasteiger partial charge in [0.1, 0.15) is 0 Å². The van der Waals surface area contributed by atoms with Crippen LogP contribution in [0, 0.1) is 10.1 Å². The molecule has 9 heteroatoms. The molecule has 0 bridgehead atoms. The van der Waals surface area contributed by atoms with E-state index < -0.39 is 20.6 Å². The number of hydrogen-bond donors (Lipinski definition) is 3. The Hall–Kier alpha value is -1.71. The maximum atomic E-state index is 12.3. The van der Waals surface area contributed by atoms with E-state index in [1.54, 1.807) is 0 Å². The van der Waals surface area contributed by atoms with E-state index in [0.717, 1.165) is 37.8 Å². The Bertz CT molecular complexity index is 611. The molecule has 0 spiro atoms. The third-order valence-electron chi connectivity index (χ3n) is 3.29. The molecule has 0 aromatic heterocycles. The number of rotatable bonds is 5. The summed E-state index contributed by atoms with van der Waals surface area (Å²) >= 11 is 0. The van der Waals surface area contributed by atoms with Gasteiger partial charge in [-0.2, -0.15) is 0 Å². The molecule has 0 unspecified atom stereocenters. The summed E-state index contributed by atoms with van der Waals surface area (Å²) in [6.45, 7) is 0. The molecule has 1 aliphatic carbocycles. The number of nitrogens with zero attached hydrogens (tertiary/aromatic N) is 1. The van der Waals surface area contributed by atoms with Gasteiger partial charge in [0, 0.05) is 12.1 Å². The SMILES string of the molecule is NNc1ccc([N+](=O)[O-])c(S(=O)(=O)NC2CCCC2)c1. The molecular weight excluding hydrogens is 284 g/mol. The topological polar surface area (TPSA) is 127 Å². The molecule has 4 N–H and O–H groups in total. The van der Waals surface area contributed by atoms with E-state index >= 15 is 0 Å². The van der Waals surface area contributed by atoms with E-state index in [1.165, 1.54) is 6.07 Å². The highest BCUT2D eigenvalue weighted by Crippen LogP contribution is 2.28. The van der Waals surface area contributed by atoms with Crippen molar-refractivity contribution < 1.29 is 13.3 Å². The minimum absolute atomic E-state index is 0.158. The molecular formula is C11H16N4O4S. The number of hydrazine groups is 1. The van der Waals surface area contributed by atoms with Crippen LogP contribution in [0.15, 0.2) is 23.1 Å². The fourth-order valence-electron chi connectivity index (χ4n) is 2.30. The van der Waals surface area contributed by atoms with Crippen molar-refractivity contribution in [2.24, 2.45) is 5.84 Å². The maximum absolute atomic E-state index is 12.3. The van der Waals surface area contributed by atoms with Crippen LogP contribution in [0.3, 0.4) is 0 Å². The summed E-state index contributed by atoms with van der Waals surface area (Å²) in [5, 5.41) is 11.0. The second kappa shape index (κ2) is 5.73. The fourth-order valence-corrected chi connectivity index (χ4v) is 3.80. The first-order chi connectivity index (χ1) is 9.44. The molecule has 1 fully saturated rings. The lowest BCUT2D eigenvalue weighted by molar-refractivity contribution is -0.387. The van der Waals surface area contributed by atoms with Crippen molar-refractivity contribution in [3.05, 3.63) is 28.3 Å². The highest BCUT2D eigenvalue weighted by atomic mass is 32.2. The standard InChI is InChI=1S/C11H16N4O4S/c12-13-9-5-6-10(15(16)17)11(7-9)20(18,19)14-8-3-1-2-4-8/h5-8,13-14H,1-4,12H2. The number of nitro groups is 1. The van der Waals surface area contributed by atoms with E-state index in [0.29, 0.717) is 5.69 Å². The van der Waals surface area contributed by atoms with E-state index in [2.05, 4.69) is 10.1 Å². The first-order valence-electron chi connectivity index (χ1n) is 6.21. The summed E-state index contributed by atoms with van der Waals surface area (Å²) in [5.41, 5.74) is 2.11. The lowest BCUT2D eigenvalue weighted by Gasteiger charge is -2.13.